The molecule has 1 aromatic heterocycles. The Labute approximate surface area is 113 Å². The summed E-state index contributed by atoms with van der Waals surface area (Å²) < 4.78 is 11.2. The monoisotopic (exact) mass is 260 g/mol. The standard InChI is InChI=1S/C15H20N2O2/c1-10-7-12(13(18-3)8-11(10)2)14-9-17-15(19-14)5-4-6-16/h7-9H,4-6,16H2,1-3H3. The first-order chi connectivity index (χ1) is 9.15. The minimum atomic E-state index is 0.644. The second kappa shape index (κ2) is 5.89. The lowest BCUT2D eigenvalue weighted by Gasteiger charge is -2.09. The molecule has 0 aliphatic heterocycles. The highest BCUT2D eigenvalue weighted by molar-refractivity contribution is 5.67. The van der Waals surface area contributed by atoms with E-state index in [0.717, 1.165) is 35.8 Å². The molecule has 0 bridgehead atoms. The summed E-state index contributed by atoms with van der Waals surface area (Å²) in [6, 6.07) is 4.09. The molecule has 0 radical (unpaired) electrons. The highest BCUT2D eigenvalue weighted by Crippen LogP contribution is 2.33. The molecule has 0 saturated carbocycles. The van der Waals surface area contributed by atoms with Crippen molar-refractivity contribution in [1.82, 2.24) is 4.98 Å². The van der Waals surface area contributed by atoms with Gasteiger partial charge in [0.2, 0.25) is 0 Å². The molecule has 0 fully saturated rings. The molecule has 0 amide bonds. The van der Waals surface area contributed by atoms with Gasteiger partial charge in [0.05, 0.1) is 18.9 Å². The summed E-state index contributed by atoms with van der Waals surface area (Å²) in [6.45, 7) is 4.78. The maximum absolute atomic E-state index is 5.76. The Bertz CT molecular complexity index is 561. The summed E-state index contributed by atoms with van der Waals surface area (Å²) >= 11 is 0. The third-order valence-electron chi connectivity index (χ3n) is 3.23. The number of ether oxygens (including phenoxy) is 1. The van der Waals surface area contributed by atoms with E-state index in [0.29, 0.717) is 6.54 Å². The molecule has 0 unspecified atom stereocenters. The summed E-state index contributed by atoms with van der Waals surface area (Å²) in [5.41, 5.74) is 8.83. The molecule has 2 aromatic rings. The Balaban J connectivity index is 2.35. The van der Waals surface area contributed by atoms with Crippen molar-refractivity contribution in [2.24, 2.45) is 5.73 Å². The average Bonchev–Trinajstić information content (AvgIpc) is 2.87. The van der Waals surface area contributed by atoms with Gasteiger partial charge in [0.1, 0.15) is 5.75 Å². The summed E-state index contributed by atoms with van der Waals surface area (Å²) in [6.07, 6.45) is 3.39. The number of oxazole rings is 1. The van der Waals surface area contributed by atoms with Crippen LogP contribution in [0.25, 0.3) is 11.3 Å². The molecule has 1 heterocycles. The van der Waals surface area contributed by atoms with Gasteiger partial charge in [-0.15, -0.1) is 0 Å². The van der Waals surface area contributed by atoms with E-state index in [1.165, 1.54) is 11.1 Å². The van der Waals surface area contributed by atoms with Crippen LogP contribution in [0.2, 0.25) is 0 Å². The predicted octanol–water partition coefficient (Wildman–Crippen LogP) is 2.86. The van der Waals surface area contributed by atoms with Gasteiger partial charge in [-0.2, -0.15) is 0 Å². The number of nitrogens with two attached hydrogens (primary N) is 1. The second-order valence-electron chi connectivity index (χ2n) is 4.65. The van der Waals surface area contributed by atoms with E-state index in [9.17, 15) is 0 Å². The molecule has 0 aliphatic rings. The van der Waals surface area contributed by atoms with Crippen LogP contribution in [0.5, 0.6) is 5.75 Å². The van der Waals surface area contributed by atoms with Crippen molar-refractivity contribution < 1.29 is 9.15 Å². The van der Waals surface area contributed by atoms with Crippen molar-refractivity contribution in [2.75, 3.05) is 13.7 Å². The van der Waals surface area contributed by atoms with E-state index < -0.39 is 0 Å². The van der Waals surface area contributed by atoms with Gasteiger partial charge in [-0.1, -0.05) is 0 Å². The number of aromatic nitrogens is 1. The topological polar surface area (TPSA) is 61.3 Å². The van der Waals surface area contributed by atoms with Gasteiger partial charge in [0.25, 0.3) is 0 Å². The summed E-state index contributed by atoms with van der Waals surface area (Å²) in [5, 5.41) is 0. The summed E-state index contributed by atoms with van der Waals surface area (Å²) in [5.74, 6) is 2.28. The van der Waals surface area contributed by atoms with Crippen LogP contribution in [0.15, 0.2) is 22.7 Å². The average molecular weight is 260 g/mol. The molecule has 2 rings (SSSR count). The normalized spacial score (nSPS) is 10.7. The molecule has 0 atom stereocenters. The molecule has 2 N–H and O–H groups in total. The van der Waals surface area contributed by atoms with Crippen molar-refractivity contribution in [3.05, 3.63) is 35.3 Å². The van der Waals surface area contributed by atoms with E-state index in [2.05, 4.69) is 24.9 Å². The van der Waals surface area contributed by atoms with Gasteiger partial charge in [-0.3, -0.25) is 0 Å². The Morgan fingerprint density at radius 1 is 1.26 bits per heavy atom. The van der Waals surface area contributed by atoms with E-state index in [1.807, 2.05) is 6.07 Å². The molecule has 102 valence electrons. The molecule has 0 spiro atoms. The predicted molar refractivity (Wildman–Crippen MR) is 75.3 cm³/mol. The first kappa shape index (κ1) is 13.6. The van der Waals surface area contributed by atoms with Gasteiger partial charge in [0.15, 0.2) is 11.7 Å². The zero-order chi connectivity index (χ0) is 13.8. The molecule has 0 saturated heterocycles. The lowest BCUT2D eigenvalue weighted by Crippen LogP contribution is -2.00. The number of nitrogens with zero attached hydrogens (tertiary/aromatic N) is 1. The first-order valence-electron chi connectivity index (χ1n) is 6.46. The lowest BCUT2D eigenvalue weighted by molar-refractivity contribution is 0.413. The molecule has 1 aromatic carbocycles. The van der Waals surface area contributed by atoms with Crippen LogP contribution in [0, 0.1) is 13.8 Å². The number of benzene rings is 1. The van der Waals surface area contributed by atoms with Gasteiger partial charge in [-0.05, 0) is 50.1 Å². The number of aryl methyl sites for hydroxylation is 3. The molecular weight excluding hydrogens is 240 g/mol. The fourth-order valence-electron chi connectivity index (χ4n) is 1.95. The van der Waals surface area contributed by atoms with Crippen molar-refractivity contribution in [3.63, 3.8) is 0 Å². The van der Waals surface area contributed by atoms with Crippen LogP contribution < -0.4 is 10.5 Å². The number of hydrogen-bond donors (Lipinski definition) is 1. The van der Waals surface area contributed by atoms with Crippen LogP contribution in [0.4, 0.5) is 0 Å². The highest BCUT2D eigenvalue weighted by atomic mass is 16.5. The third-order valence-corrected chi connectivity index (χ3v) is 3.23. The summed E-state index contributed by atoms with van der Waals surface area (Å²) in [4.78, 5) is 4.28. The fourth-order valence-corrected chi connectivity index (χ4v) is 1.95. The number of rotatable bonds is 5. The van der Waals surface area contributed by atoms with Crippen LogP contribution in [-0.2, 0) is 6.42 Å². The Morgan fingerprint density at radius 2 is 2.00 bits per heavy atom. The van der Waals surface area contributed by atoms with Crippen molar-refractivity contribution in [1.29, 1.82) is 0 Å². The molecule has 4 heteroatoms. The van der Waals surface area contributed by atoms with E-state index in [-0.39, 0.29) is 0 Å². The van der Waals surface area contributed by atoms with Gasteiger partial charge < -0.3 is 14.9 Å². The zero-order valence-electron chi connectivity index (χ0n) is 11.7. The Morgan fingerprint density at radius 3 is 2.68 bits per heavy atom. The van der Waals surface area contributed by atoms with Crippen LogP contribution in [-0.4, -0.2) is 18.6 Å². The SMILES string of the molecule is COc1cc(C)c(C)cc1-c1cnc(CCCN)o1. The fraction of sp³-hybridized carbons (Fsp3) is 0.400. The largest absolute Gasteiger partial charge is 0.496 e. The van der Waals surface area contributed by atoms with E-state index in [1.54, 1.807) is 13.3 Å². The lowest BCUT2D eigenvalue weighted by atomic mass is 10.0. The van der Waals surface area contributed by atoms with Crippen molar-refractivity contribution >= 4 is 0 Å². The van der Waals surface area contributed by atoms with Crippen LogP contribution >= 0.6 is 0 Å². The van der Waals surface area contributed by atoms with Crippen molar-refractivity contribution in [3.8, 4) is 17.1 Å². The van der Waals surface area contributed by atoms with Crippen LogP contribution in [0.3, 0.4) is 0 Å². The maximum atomic E-state index is 5.76. The van der Waals surface area contributed by atoms with E-state index >= 15 is 0 Å². The maximum Gasteiger partial charge on any atom is 0.194 e. The molecule has 0 aliphatic carbocycles. The Kier molecular flexibility index (Phi) is 4.22. The highest BCUT2D eigenvalue weighted by Gasteiger charge is 2.13. The molecular formula is C15H20N2O2. The summed E-state index contributed by atoms with van der Waals surface area (Å²) in [7, 11) is 1.67. The second-order valence-corrected chi connectivity index (χ2v) is 4.65. The van der Waals surface area contributed by atoms with Gasteiger partial charge in [-0.25, -0.2) is 4.98 Å². The molecule has 19 heavy (non-hydrogen) atoms. The first-order valence-corrected chi connectivity index (χ1v) is 6.46. The van der Waals surface area contributed by atoms with E-state index in [4.69, 9.17) is 14.9 Å². The number of methoxy groups -OCH3 is 1. The minimum absolute atomic E-state index is 0.644. The minimum Gasteiger partial charge on any atom is -0.496 e. The van der Waals surface area contributed by atoms with Crippen LogP contribution in [0.1, 0.15) is 23.4 Å². The zero-order valence-corrected chi connectivity index (χ0v) is 11.7. The third kappa shape index (κ3) is 2.96. The Hall–Kier alpha value is -1.81. The smallest absolute Gasteiger partial charge is 0.194 e. The molecule has 4 nitrogen and oxygen atoms in total. The quantitative estimate of drug-likeness (QED) is 0.898. The van der Waals surface area contributed by atoms with Crippen molar-refractivity contribution in [2.45, 2.75) is 26.7 Å². The van der Waals surface area contributed by atoms with Gasteiger partial charge in [0, 0.05) is 6.42 Å². The number of hydrogen-bond acceptors (Lipinski definition) is 4. The van der Waals surface area contributed by atoms with Gasteiger partial charge >= 0.3 is 0 Å².